The Bertz CT molecular complexity index is 1030. The third-order valence-electron chi connectivity index (χ3n) is 11.0. The smallest absolute Gasteiger partial charge is 0.315 e. The molecule has 5 amide bonds. The van der Waals surface area contributed by atoms with Crippen LogP contribution in [0.1, 0.15) is 113 Å². The highest BCUT2D eigenvalue weighted by molar-refractivity contribution is 5.95. The average molecular weight is 560 g/mol. The summed E-state index contributed by atoms with van der Waals surface area (Å²) in [6.45, 7) is 16.5. The van der Waals surface area contributed by atoms with Crippen molar-refractivity contribution in [3.8, 4) is 0 Å². The van der Waals surface area contributed by atoms with Gasteiger partial charge in [0.2, 0.25) is 17.7 Å². The quantitative estimate of drug-likeness (QED) is 0.393. The summed E-state index contributed by atoms with van der Waals surface area (Å²) in [6.07, 6.45) is 8.83. The fourth-order valence-electron chi connectivity index (χ4n) is 8.51. The molecule has 0 aromatic carbocycles. The van der Waals surface area contributed by atoms with E-state index in [0.29, 0.717) is 13.0 Å². The first-order valence-electron chi connectivity index (χ1n) is 15.4. The number of carbonyl (C=O) groups excluding carboxylic acids is 4. The lowest BCUT2D eigenvalue weighted by Gasteiger charge is -2.37. The number of likely N-dealkylation sites (tertiary alicyclic amines) is 1. The Morgan fingerprint density at radius 3 is 1.93 bits per heavy atom. The molecule has 4 atom stereocenters. The Morgan fingerprint density at radius 2 is 1.48 bits per heavy atom. The lowest BCUT2D eigenvalue weighted by molar-refractivity contribution is -0.143. The number of nitrogens with two attached hydrogens (primary N) is 1. The van der Waals surface area contributed by atoms with Crippen molar-refractivity contribution in [1.29, 1.82) is 0 Å². The van der Waals surface area contributed by atoms with E-state index in [2.05, 4.69) is 29.8 Å². The van der Waals surface area contributed by atoms with Crippen molar-refractivity contribution in [1.82, 2.24) is 20.9 Å². The van der Waals surface area contributed by atoms with Gasteiger partial charge in [0.15, 0.2) is 0 Å². The van der Waals surface area contributed by atoms with E-state index < -0.39 is 41.0 Å². The average Bonchev–Trinajstić information content (AvgIpc) is 3.04. The zero-order valence-electron chi connectivity index (χ0n) is 26.0. The predicted molar refractivity (Wildman–Crippen MR) is 155 cm³/mol. The molecule has 0 radical (unpaired) electrons. The highest BCUT2D eigenvalue weighted by Crippen LogP contribution is 2.88. The zero-order chi connectivity index (χ0) is 29.9. The molecule has 0 bridgehead atoms. The maximum Gasteiger partial charge on any atom is 0.315 e. The summed E-state index contributed by atoms with van der Waals surface area (Å²) in [4.78, 5) is 55.4. The fourth-order valence-corrected chi connectivity index (χ4v) is 8.51. The topological polar surface area (TPSA) is 134 Å². The SMILES string of the molecule is CC(C)(C)NC(=O)N[C@H](C(=O)N[C@H](C(=O)N1C[C@]2(C[C@H]1C(N)=O)C(C)(C)C21CCC1)C(C)(C)C)C1CCCCC1. The van der Waals surface area contributed by atoms with Crippen molar-refractivity contribution in [2.24, 2.45) is 33.3 Å². The van der Waals surface area contributed by atoms with E-state index in [1.165, 1.54) is 6.42 Å². The molecular weight excluding hydrogens is 506 g/mol. The molecule has 3 saturated carbocycles. The Balaban J connectivity index is 1.57. The highest BCUT2D eigenvalue weighted by atomic mass is 16.2. The first-order chi connectivity index (χ1) is 18.4. The Kier molecular flexibility index (Phi) is 7.81. The molecule has 5 N–H and O–H groups in total. The van der Waals surface area contributed by atoms with Gasteiger partial charge in [-0.05, 0) is 75.0 Å². The van der Waals surface area contributed by atoms with Gasteiger partial charge in [-0.3, -0.25) is 14.4 Å². The number of amides is 5. The first-order valence-corrected chi connectivity index (χ1v) is 15.4. The van der Waals surface area contributed by atoms with E-state index in [0.717, 1.165) is 44.9 Å². The molecule has 1 heterocycles. The molecule has 1 saturated heterocycles. The Hall–Kier alpha value is -2.32. The van der Waals surface area contributed by atoms with E-state index in [1.807, 2.05) is 41.5 Å². The Labute approximate surface area is 240 Å². The normalized spacial score (nSPS) is 28.9. The standard InChI is InChI=1S/C31H53N5O4/c1-27(2,3)22(34-24(38)21(19-13-10-9-11-14-19)33-26(40)35-28(4,5)6)25(39)36-18-31(17-20(36)23(32)37)29(7,8)30(31)15-12-16-30/h19-22H,9-18H2,1-8H3,(H2,32,37)(H,34,38)(H2,33,35,40)/t20-,21-,22+,31+/m0/s1. The van der Waals surface area contributed by atoms with E-state index >= 15 is 0 Å². The molecule has 1 aliphatic heterocycles. The van der Waals surface area contributed by atoms with Crippen LogP contribution in [0.5, 0.6) is 0 Å². The lowest BCUT2D eigenvalue weighted by atomic mass is 9.73. The third-order valence-corrected chi connectivity index (χ3v) is 11.0. The van der Waals surface area contributed by atoms with Gasteiger partial charge < -0.3 is 26.6 Å². The second kappa shape index (κ2) is 10.2. The Morgan fingerprint density at radius 1 is 0.875 bits per heavy atom. The summed E-state index contributed by atoms with van der Waals surface area (Å²) < 4.78 is 0. The molecule has 3 aliphatic carbocycles. The van der Waals surface area contributed by atoms with Gasteiger partial charge in [-0.1, -0.05) is 60.3 Å². The van der Waals surface area contributed by atoms with Crippen LogP contribution in [0.3, 0.4) is 0 Å². The molecule has 9 heteroatoms. The second-order valence-corrected chi connectivity index (χ2v) is 15.8. The number of carbonyl (C=O) groups is 4. The molecule has 9 nitrogen and oxygen atoms in total. The van der Waals surface area contributed by atoms with Gasteiger partial charge in [0.1, 0.15) is 18.1 Å². The maximum atomic E-state index is 14.3. The summed E-state index contributed by atoms with van der Waals surface area (Å²) in [5.41, 5.74) is 4.92. The number of fused-ring (bicyclic) bond motifs is 1. The van der Waals surface area contributed by atoms with Gasteiger partial charge in [-0.25, -0.2) is 4.79 Å². The van der Waals surface area contributed by atoms with Crippen LogP contribution in [0, 0.1) is 27.6 Å². The lowest BCUT2D eigenvalue weighted by Crippen LogP contribution is -2.62. The van der Waals surface area contributed by atoms with Crippen molar-refractivity contribution < 1.29 is 19.2 Å². The predicted octanol–water partition coefficient (Wildman–Crippen LogP) is 3.85. The molecule has 0 aromatic rings. The highest BCUT2D eigenvalue weighted by Gasteiger charge is 2.85. The molecule has 4 rings (SSSR count). The number of hydrogen-bond donors (Lipinski definition) is 4. The number of rotatable bonds is 6. The molecule has 4 fully saturated rings. The second-order valence-electron chi connectivity index (χ2n) is 15.8. The van der Waals surface area contributed by atoms with Crippen LogP contribution in [0.2, 0.25) is 0 Å². The van der Waals surface area contributed by atoms with Crippen LogP contribution in [-0.4, -0.2) is 58.9 Å². The zero-order valence-corrected chi connectivity index (χ0v) is 26.0. The van der Waals surface area contributed by atoms with Crippen LogP contribution in [0.15, 0.2) is 0 Å². The van der Waals surface area contributed by atoms with Gasteiger partial charge in [-0.15, -0.1) is 0 Å². The third kappa shape index (κ3) is 5.11. The largest absolute Gasteiger partial charge is 0.368 e. The number of nitrogens with zero attached hydrogens (tertiary/aromatic N) is 1. The van der Waals surface area contributed by atoms with Gasteiger partial charge in [0, 0.05) is 17.5 Å². The molecule has 0 aromatic heterocycles. The number of primary amides is 1. The van der Waals surface area contributed by atoms with Crippen molar-refractivity contribution in [2.45, 2.75) is 137 Å². The van der Waals surface area contributed by atoms with Crippen LogP contribution >= 0.6 is 0 Å². The van der Waals surface area contributed by atoms with Crippen molar-refractivity contribution >= 4 is 23.8 Å². The summed E-state index contributed by atoms with van der Waals surface area (Å²) in [6, 6.07) is -2.69. The first kappa shape index (κ1) is 30.6. The molecule has 226 valence electrons. The van der Waals surface area contributed by atoms with Crippen LogP contribution in [0.25, 0.3) is 0 Å². The van der Waals surface area contributed by atoms with Gasteiger partial charge in [0.25, 0.3) is 0 Å². The monoisotopic (exact) mass is 559 g/mol. The van der Waals surface area contributed by atoms with Crippen molar-refractivity contribution in [3.05, 3.63) is 0 Å². The molecular formula is C31H53N5O4. The minimum atomic E-state index is -0.866. The number of hydrogen-bond acceptors (Lipinski definition) is 4. The van der Waals surface area contributed by atoms with Crippen LogP contribution in [0.4, 0.5) is 4.79 Å². The minimum Gasteiger partial charge on any atom is -0.368 e. The van der Waals surface area contributed by atoms with E-state index in [1.54, 1.807) is 4.90 Å². The van der Waals surface area contributed by atoms with Gasteiger partial charge >= 0.3 is 6.03 Å². The molecule has 2 spiro atoms. The minimum absolute atomic E-state index is 0.00523. The molecule has 4 aliphatic rings. The molecule has 0 unspecified atom stereocenters. The number of urea groups is 1. The fraction of sp³-hybridized carbons (Fsp3) is 0.871. The van der Waals surface area contributed by atoms with E-state index in [9.17, 15) is 19.2 Å². The summed E-state index contributed by atoms with van der Waals surface area (Å²) in [7, 11) is 0. The van der Waals surface area contributed by atoms with Gasteiger partial charge in [0.05, 0.1) is 0 Å². The van der Waals surface area contributed by atoms with E-state index in [4.69, 9.17) is 5.73 Å². The molecule has 40 heavy (non-hydrogen) atoms. The summed E-state index contributed by atoms with van der Waals surface area (Å²) in [5.74, 6) is -1.10. The number of nitrogens with one attached hydrogen (secondary N) is 3. The summed E-state index contributed by atoms with van der Waals surface area (Å²) in [5, 5.41) is 8.88. The van der Waals surface area contributed by atoms with Crippen molar-refractivity contribution in [2.75, 3.05) is 6.54 Å². The maximum absolute atomic E-state index is 14.3. The van der Waals surface area contributed by atoms with Crippen LogP contribution < -0.4 is 21.7 Å². The van der Waals surface area contributed by atoms with Crippen LogP contribution in [-0.2, 0) is 14.4 Å². The summed E-state index contributed by atoms with van der Waals surface area (Å²) >= 11 is 0. The van der Waals surface area contributed by atoms with Crippen molar-refractivity contribution in [3.63, 3.8) is 0 Å². The van der Waals surface area contributed by atoms with Gasteiger partial charge in [-0.2, -0.15) is 0 Å². The van der Waals surface area contributed by atoms with E-state index in [-0.39, 0.29) is 34.0 Å².